The van der Waals surface area contributed by atoms with E-state index in [0.717, 1.165) is 12.1 Å². The second-order valence-electron chi connectivity index (χ2n) is 4.54. The molecule has 1 aromatic rings. The van der Waals surface area contributed by atoms with Gasteiger partial charge in [-0.15, -0.1) is 0 Å². The average molecular weight is 221 g/mol. The lowest BCUT2D eigenvalue weighted by atomic mass is 9.96. The van der Waals surface area contributed by atoms with E-state index in [1.807, 2.05) is 19.1 Å². The summed E-state index contributed by atoms with van der Waals surface area (Å²) in [7, 11) is 1.67. The molecule has 0 aliphatic carbocycles. The molecule has 3 heteroatoms. The molecule has 0 saturated heterocycles. The third-order valence-corrected chi connectivity index (χ3v) is 3.22. The molecule has 16 heavy (non-hydrogen) atoms. The molecule has 88 valence electrons. The summed E-state index contributed by atoms with van der Waals surface area (Å²) in [5, 5.41) is 13.5. The molecule has 0 amide bonds. The number of rotatable bonds is 4. The van der Waals surface area contributed by atoms with Crippen LogP contribution in [-0.2, 0) is 11.2 Å². The Hall–Kier alpha value is -1.06. The molecule has 2 rings (SSSR count). The molecule has 3 atom stereocenters. The minimum atomic E-state index is -0.368. The summed E-state index contributed by atoms with van der Waals surface area (Å²) in [5.74, 6) is 0.150. The second kappa shape index (κ2) is 4.85. The van der Waals surface area contributed by atoms with Crippen LogP contribution in [0.1, 0.15) is 12.5 Å². The fourth-order valence-corrected chi connectivity index (χ4v) is 2.29. The zero-order valence-electron chi connectivity index (χ0n) is 9.81. The summed E-state index contributed by atoms with van der Waals surface area (Å²) < 4.78 is 5.07. The Morgan fingerprint density at radius 2 is 2.25 bits per heavy atom. The van der Waals surface area contributed by atoms with Crippen LogP contribution in [0.25, 0.3) is 0 Å². The number of methoxy groups -OCH3 is 1. The predicted octanol–water partition coefficient (Wildman–Crippen LogP) is 1.67. The quantitative estimate of drug-likeness (QED) is 0.812. The highest BCUT2D eigenvalue weighted by Crippen LogP contribution is 2.28. The van der Waals surface area contributed by atoms with Crippen LogP contribution < -0.4 is 5.32 Å². The minimum Gasteiger partial charge on any atom is -0.391 e. The summed E-state index contributed by atoms with van der Waals surface area (Å²) >= 11 is 0. The summed E-state index contributed by atoms with van der Waals surface area (Å²) in [4.78, 5) is 0. The maximum Gasteiger partial charge on any atom is 0.0791 e. The lowest BCUT2D eigenvalue weighted by Gasteiger charge is -2.24. The molecule has 2 N–H and O–H groups in total. The first kappa shape index (κ1) is 11.4. The molecule has 0 radical (unpaired) electrons. The van der Waals surface area contributed by atoms with Crippen molar-refractivity contribution in [1.29, 1.82) is 0 Å². The van der Waals surface area contributed by atoms with E-state index in [-0.39, 0.29) is 18.1 Å². The smallest absolute Gasteiger partial charge is 0.0791 e. The van der Waals surface area contributed by atoms with E-state index in [1.54, 1.807) is 7.11 Å². The first-order chi connectivity index (χ1) is 7.72. The Kier molecular flexibility index (Phi) is 3.46. The Labute approximate surface area is 96.4 Å². The Morgan fingerprint density at radius 3 is 2.94 bits per heavy atom. The van der Waals surface area contributed by atoms with Crippen LogP contribution in [0, 0.1) is 5.92 Å². The van der Waals surface area contributed by atoms with Gasteiger partial charge in [-0.25, -0.2) is 0 Å². The first-order valence-electron chi connectivity index (χ1n) is 5.74. The molecule has 1 aromatic carbocycles. The molecule has 1 aliphatic heterocycles. The topological polar surface area (TPSA) is 41.5 Å². The number of nitrogens with one attached hydrogen (secondary N) is 1. The van der Waals surface area contributed by atoms with Crippen molar-refractivity contribution in [3.05, 3.63) is 29.8 Å². The largest absolute Gasteiger partial charge is 0.391 e. The van der Waals surface area contributed by atoms with Crippen LogP contribution in [0.3, 0.4) is 0 Å². The van der Waals surface area contributed by atoms with Gasteiger partial charge in [-0.05, 0) is 18.1 Å². The van der Waals surface area contributed by atoms with E-state index in [1.165, 1.54) is 5.56 Å². The molecule has 3 nitrogen and oxygen atoms in total. The van der Waals surface area contributed by atoms with Gasteiger partial charge in [-0.1, -0.05) is 25.1 Å². The van der Waals surface area contributed by atoms with Crippen molar-refractivity contribution in [2.45, 2.75) is 25.5 Å². The molecule has 0 aromatic heterocycles. The number of hydrogen-bond donors (Lipinski definition) is 2. The van der Waals surface area contributed by atoms with Crippen molar-refractivity contribution < 1.29 is 9.84 Å². The van der Waals surface area contributed by atoms with Crippen LogP contribution in [0.2, 0.25) is 0 Å². The summed E-state index contributed by atoms with van der Waals surface area (Å²) in [5.41, 5.74) is 2.44. The molecular weight excluding hydrogens is 202 g/mol. The number of para-hydroxylation sites is 1. The molecule has 3 unspecified atom stereocenters. The van der Waals surface area contributed by atoms with Crippen molar-refractivity contribution in [3.8, 4) is 0 Å². The predicted molar refractivity (Wildman–Crippen MR) is 64.6 cm³/mol. The highest BCUT2D eigenvalue weighted by Gasteiger charge is 2.29. The number of benzene rings is 1. The van der Waals surface area contributed by atoms with Crippen LogP contribution in [0.15, 0.2) is 24.3 Å². The summed E-state index contributed by atoms with van der Waals surface area (Å²) in [6.07, 6.45) is 0.526. The average Bonchev–Trinajstić information content (AvgIpc) is 2.71. The fourth-order valence-electron chi connectivity index (χ4n) is 2.29. The van der Waals surface area contributed by atoms with Gasteiger partial charge in [0.05, 0.1) is 18.8 Å². The van der Waals surface area contributed by atoms with Crippen molar-refractivity contribution in [2.24, 2.45) is 5.92 Å². The summed E-state index contributed by atoms with van der Waals surface area (Å²) in [6, 6.07) is 8.33. The van der Waals surface area contributed by atoms with E-state index in [0.29, 0.717) is 6.61 Å². The van der Waals surface area contributed by atoms with Crippen molar-refractivity contribution in [1.82, 2.24) is 0 Å². The molecular formula is C13H19NO2. The second-order valence-corrected chi connectivity index (χ2v) is 4.54. The van der Waals surface area contributed by atoms with Gasteiger partial charge in [0, 0.05) is 18.7 Å². The first-order valence-corrected chi connectivity index (χ1v) is 5.74. The van der Waals surface area contributed by atoms with E-state index >= 15 is 0 Å². The van der Waals surface area contributed by atoms with Gasteiger partial charge in [-0.3, -0.25) is 0 Å². The van der Waals surface area contributed by atoms with E-state index in [2.05, 4.69) is 17.4 Å². The lowest BCUT2D eigenvalue weighted by molar-refractivity contribution is 0.0465. The lowest BCUT2D eigenvalue weighted by Crippen LogP contribution is -2.38. The van der Waals surface area contributed by atoms with Gasteiger partial charge in [0.25, 0.3) is 0 Å². The molecule has 0 fully saturated rings. The van der Waals surface area contributed by atoms with Crippen molar-refractivity contribution >= 4 is 5.69 Å². The number of aliphatic hydroxyl groups excluding tert-OH is 1. The third kappa shape index (κ3) is 2.20. The van der Waals surface area contributed by atoms with Gasteiger partial charge in [0.15, 0.2) is 0 Å². The Balaban J connectivity index is 2.00. The van der Waals surface area contributed by atoms with Crippen LogP contribution in [0.4, 0.5) is 5.69 Å². The summed E-state index contributed by atoms with van der Waals surface area (Å²) in [6.45, 7) is 2.61. The van der Waals surface area contributed by atoms with Crippen LogP contribution >= 0.6 is 0 Å². The highest BCUT2D eigenvalue weighted by atomic mass is 16.5. The number of hydrogen-bond acceptors (Lipinski definition) is 3. The van der Waals surface area contributed by atoms with Gasteiger partial charge < -0.3 is 15.2 Å². The van der Waals surface area contributed by atoms with E-state index < -0.39 is 0 Å². The molecule has 1 heterocycles. The SMILES string of the molecule is COCC(C)C(O)C1Cc2ccccc2N1. The minimum absolute atomic E-state index is 0.113. The maximum absolute atomic E-state index is 10.2. The number of anilines is 1. The van der Waals surface area contributed by atoms with Gasteiger partial charge in [-0.2, -0.15) is 0 Å². The monoisotopic (exact) mass is 221 g/mol. The molecule has 0 spiro atoms. The zero-order chi connectivity index (χ0) is 11.5. The molecule has 1 aliphatic rings. The third-order valence-electron chi connectivity index (χ3n) is 3.22. The van der Waals surface area contributed by atoms with Crippen LogP contribution in [0.5, 0.6) is 0 Å². The normalized spacial score (nSPS) is 22.3. The van der Waals surface area contributed by atoms with Crippen molar-refractivity contribution in [2.75, 3.05) is 19.0 Å². The zero-order valence-corrected chi connectivity index (χ0v) is 9.81. The van der Waals surface area contributed by atoms with Crippen LogP contribution in [-0.4, -0.2) is 31.0 Å². The Bertz CT molecular complexity index is 329. The van der Waals surface area contributed by atoms with Crippen molar-refractivity contribution in [3.63, 3.8) is 0 Å². The standard InChI is InChI=1S/C13H19NO2/c1-9(8-16-2)13(15)12-7-10-5-3-4-6-11(10)14-12/h3-6,9,12-15H,7-8H2,1-2H3. The number of fused-ring (bicyclic) bond motifs is 1. The van der Waals surface area contributed by atoms with E-state index in [9.17, 15) is 5.11 Å². The Morgan fingerprint density at radius 1 is 1.50 bits per heavy atom. The van der Waals surface area contributed by atoms with E-state index in [4.69, 9.17) is 4.74 Å². The fraction of sp³-hybridized carbons (Fsp3) is 0.538. The molecule has 0 saturated carbocycles. The van der Waals surface area contributed by atoms with Gasteiger partial charge in [0.2, 0.25) is 0 Å². The molecule has 0 bridgehead atoms. The maximum atomic E-state index is 10.2. The number of ether oxygens (including phenoxy) is 1. The van der Waals surface area contributed by atoms with Gasteiger partial charge >= 0.3 is 0 Å². The van der Waals surface area contributed by atoms with Gasteiger partial charge in [0.1, 0.15) is 0 Å². The highest BCUT2D eigenvalue weighted by molar-refractivity contribution is 5.56. The number of aliphatic hydroxyl groups is 1.